The van der Waals surface area contributed by atoms with Gasteiger partial charge in [-0.15, -0.1) is 0 Å². The minimum atomic E-state index is 0.137. The van der Waals surface area contributed by atoms with E-state index in [1.54, 1.807) is 0 Å². The molecular weight excluding hydrogens is 244 g/mol. The number of hydrogen-bond donors (Lipinski definition) is 1. The fourth-order valence-corrected chi connectivity index (χ4v) is 1.90. The average Bonchev–Trinajstić information content (AvgIpc) is 2.44. The van der Waals surface area contributed by atoms with Gasteiger partial charge in [0.25, 0.3) is 0 Å². The van der Waals surface area contributed by atoms with E-state index in [1.807, 2.05) is 29.8 Å². The largest absolute Gasteiger partial charge is 0.396 e. The number of aliphatic hydroxyl groups is 1. The molecule has 0 aliphatic heterocycles. The maximum Gasteiger partial charge on any atom is 0.111 e. The molecule has 0 unspecified atom stereocenters. The van der Waals surface area contributed by atoms with Crippen LogP contribution in [0.2, 0.25) is 0 Å². The first-order valence-corrected chi connectivity index (χ1v) is 5.23. The second-order valence-electron chi connectivity index (χ2n) is 3.19. The third-order valence-electron chi connectivity index (χ3n) is 2.27. The lowest BCUT2D eigenvalue weighted by Gasteiger charge is -1.98. The Morgan fingerprint density at radius 3 is 3.00 bits per heavy atom. The third kappa shape index (κ3) is 1.55. The monoisotopic (exact) mass is 254 g/mol. The molecule has 1 N–H and O–H groups in total. The van der Waals surface area contributed by atoms with Crippen molar-refractivity contribution in [1.82, 2.24) is 9.55 Å². The second-order valence-corrected chi connectivity index (χ2v) is 4.11. The van der Waals surface area contributed by atoms with E-state index < -0.39 is 0 Å². The quantitative estimate of drug-likeness (QED) is 0.889. The van der Waals surface area contributed by atoms with Crippen molar-refractivity contribution >= 4 is 27.0 Å². The summed E-state index contributed by atoms with van der Waals surface area (Å²) in [6, 6.07) is 6.00. The van der Waals surface area contributed by atoms with E-state index in [0.717, 1.165) is 21.3 Å². The van der Waals surface area contributed by atoms with Gasteiger partial charge < -0.3 is 9.67 Å². The van der Waals surface area contributed by atoms with Crippen LogP contribution in [-0.4, -0.2) is 21.3 Å². The molecule has 1 aromatic carbocycles. The van der Waals surface area contributed by atoms with Crippen molar-refractivity contribution in [1.29, 1.82) is 0 Å². The van der Waals surface area contributed by atoms with Crippen molar-refractivity contribution in [2.24, 2.45) is 7.05 Å². The first-order chi connectivity index (χ1) is 6.72. The first-order valence-electron chi connectivity index (χ1n) is 4.44. The van der Waals surface area contributed by atoms with Gasteiger partial charge in [-0.05, 0) is 18.2 Å². The van der Waals surface area contributed by atoms with Crippen molar-refractivity contribution in [2.45, 2.75) is 6.42 Å². The van der Waals surface area contributed by atoms with Crippen molar-refractivity contribution < 1.29 is 5.11 Å². The van der Waals surface area contributed by atoms with E-state index in [0.29, 0.717) is 6.42 Å². The SMILES string of the molecule is Cn1c(CCO)nc2cc(Br)ccc21. The Bertz CT molecular complexity index is 464. The maximum atomic E-state index is 8.86. The normalized spacial score (nSPS) is 11.1. The van der Waals surface area contributed by atoms with Crippen LogP contribution < -0.4 is 0 Å². The Morgan fingerprint density at radius 1 is 1.50 bits per heavy atom. The number of aliphatic hydroxyl groups excluding tert-OH is 1. The molecule has 1 heterocycles. The van der Waals surface area contributed by atoms with Crippen LogP contribution in [0, 0.1) is 0 Å². The molecule has 14 heavy (non-hydrogen) atoms. The molecule has 1 aromatic heterocycles. The van der Waals surface area contributed by atoms with Gasteiger partial charge in [0.2, 0.25) is 0 Å². The van der Waals surface area contributed by atoms with Gasteiger partial charge in [-0.2, -0.15) is 0 Å². The molecule has 4 heteroatoms. The van der Waals surface area contributed by atoms with Crippen molar-refractivity contribution in [3.63, 3.8) is 0 Å². The minimum absolute atomic E-state index is 0.137. The van der Waals surface area contributed by atoms with E-state index in [2.05, 4.69) is 20.9 Å². The molecule has 2 rings (SSSR count). The topological polar surface area (TPSA) is 38.0 Å². The maximum absolute atomic E-state index is 8.86. The number of nitrogens with zero attached hydrogens (tertiary/aromatic N) is 2. The van der Waals surface area contributed by atoms with Crippen LogP contribution in [0.3, 0.4) is 0 Å². The standard InChI is InChI=1S/C10H11BrN2O/c1-13-9-3-2-7(11)6-8(9)12-10(13)4-5-14/h2-3,6,14H,4-5H2,1H3. The van der Waals surface area contributed by atoms with Crippen LogP contribution in [0.4, 0.5) is 0 Å². The van der Waals surface area contributed by atoms with Crippen LogP contribution in [0.15, 0.2) is 22.7 Å². The van der Waals surface area contributed by atoms with Gasteiger partial charge in [0.15, 0.2) is 0 Å². The Labute approximate surface area is 90.5 Å². The molecule has 0 aliphatic rings. The summed E-state index contributed by atoms with van der Waals surface area (Å²) in [4.78, 5) is 4.44. The molecule has 0 bridgehead atoms. The molecule has 0 radical (unpaired) electrons. The summed E-state index contributed by atoms with van der Waals surface area (Å²) in [5.74, 6) is 0.917. The Hall–Kier alpha value is -0.870. The van der Waals surface area contributed by atoms with Crippen LogP contribution in [0.5, 0.6) is 0 Å². The number of aryl methyl sites for hydroxylation is 1. The van der Waals surface area contributed by atoms with Crippen LogP contribution in [0.1, 0.15) is 5.82 Å². The van der Waals surface area contributed by atoms with Crippen LogP contribution in [-0.2, 0) is 13.5 Å². The van der Waals surface area contributed by atoms with Gasteiger partial charge in [-0.25, -0.2) is 4.98 Å². The molecule has 0 fully saturated rings. The zero-order valence-electron chi connectivity index (χ0n) is 7.87. The summed E-state index contributed by atoms with van der Waals surface area (Å²) in [6.07, 6.45) is 0.600. The number of halogens is 1. The van der Waals surface area contributed by atoms with Crippen LogP contribution >= 0.6 is 15.9 Å². The van der Waals surface area contributed by atoms with Gasteiger partial charge >= 0.3 is 0 Å². The summed E-state index contributed by atoms with van der Waals surface area (Å²) in [7, 11) is 1.97. The van der Waals surface area contributed by atoms with E-state index in [4.69, 9.17) is 5.11 Å². The Morgan fingerprint density at radius 2 is 2.29 bits per heavy atom. The fourth-order valence-electron chi connectivity index (χ4n) is 1.55. The van der Waals surface area contributed by atoms with Gasteiger partial charge in [-0.1, -0.05) is 15.9 Å². The first kappa shape index (κ1) is 9.68. The lowest BCUT2D eigenvalue weighted by Crippen LogP contribution is -2.00. The molecule has 0 saturated carbocycles. The highest BCUT2D eigenvalue weighted by atomic mass is 79.9. The molecule has 0 saturated heterocycles. The summed E-state index contributed by atoms with van der Waals surface area (Å²) in [5, 5.41) is 8.86. The van der Waals surface area contributed by atoms with Gasteiger partial charge in [0, 0.05) is 17.9 Å². The highest BCUT2D eigenvalue weighted by molar-refractivity contribution is 9.10. The zero-order valence-corrected chi connectivity index (χ0v) is 9.45. The highest BCUT2D eigenvalue weighted by Gasteiger charge is 2.06. The summed E-state index contributed by atoms with van der Waals surface area (Å²) in [5.41, 5.74) is 2.06. The Kier molecular flexibility index (Phi) is 2.56. The van der Waals surface area contributed by atoms with E-state index in [-0.39, 0.29) is 6.61 Å². The number of aromatic nitrogens is 2. The molecular formula is C10H11BrN2O. The van der Waals surface area contributed by atoms with Crippen LogP contribution in [0.25, 0.3) is 11.0 Å². The lowest BCUT2D eigenvalue weighted by atomic mass is 10.3. The van der Waals surface area contributed by atoms with Crippen molar-refractivity contribution in [3.8, 4) is 0 Å². The van der Waals surface area contributed by atoms with E-state index in [9.17, 15) is 0 Å². The third-order valence-corrected chi connectivity index (χ3v) is 2.76. The Balaban J connectivity index is 2.61. The number of fused-ring (bicyclic) bond motifs is 1. The molecule has 74 valence electrons. The number of hydrogen-bond acceptors (Lipinski definition) is 2. The van der Waals surface area contributed by atoms with E-state index >= 15 is 0 Å². The summed E-state index contributed by atoms with van der Waals surface area (Å²) < 4.78 is 3.04. The summed E-state index contributed by atoms with van der Waals surface area (Å²) >= 11 is 3.41. The predicted octanol–water partition coefficient (Wildman–Crippen LogP) is 1.87. The fraction of sp³-hybridized carbons (Fsp3) is 0.300. The molecule has 0 spiro atoms. The molecule has 3 nitrogen and oxygen atoms in total. The smallest absolute Gasteiger partial charge is 0.111 e. The predicted molar refractivity (Wildman–Crippen MR) is 59.2 cm³/mol. The molecule has 0 aliphatic carbocycles. The molecule has 2 aromatic rings. The highest BCUT2D eigenvalue weighted by Crippen LogP contribution is 2.19. The number of benzene rings is 1. The average molecular weight is 255 g/mol. The van der Waals surface area contributed by atoms with Gasteiger partial charge in [-0.3, -0.25) is 0 Å². The number of imidazole rings is 1. The molecule has 0 atom stereocenters. The van der Waals surface area contributed by atoms with Gasteiger partial charge in [0.1, 0.15) is 5.82 Å². The number of rotatable bonds is 2. The van der Waals surface area contributed by atoms with Crippen molar-refractivity contribution in [2.75, 3.05) is 6.61 Å². The van der Waals surface area contributed by atoms with Gasteiger partial charge in [0.05, 0.1) is 17.6 Å². The summed E-state index contributed by atoms with van der Waals surface area (Å²) in [6.45, 7) is 0.137. The lowest BCUT2D eigenvalue weighted by molar-refractivity contribution is 0.295. The zero-order chi connectivity index (χ0) is 10.1. The second kappa shape index (κ2) is 3.71. The van der Waals surface area contributed by atoms with Crippen molar-refractivity contribution in [3.05, 3.63) is 28.5 Å². The molecule has 0 amide bonds. The minimum Gasteiger partial charge on any atom is -0.396 e. The van der Waals surface area contributed by atoms with E-state index in [1.165, 1.54) is 0 Å².